The van der Waals surface area contributed by atoms with Crippen LogP contribution in [-0.2, 0) is 4.79 Å². The number of carbonyl (C=O) groups excluding carboxylic acids is 1. The van der Waals surface area contributed by atoms with E-state index in [2.05, 4.69) is 18.7 Å². The molecule has 0 N–H and O–H groups in total. The standard InChI is InChI=1S/C15H22NO/c1-3-5-11-16(12-6-4-2)15-10-8-7-9-14(15)13-17/h7-10H,3-6,11-12H2,1-2H3. The van der Waals surface area contributed by atoms with Crippen molar-refractivity contribution >= 4 is 12.0 Å². The first-order chi connectivity index (χ1) is 8.33. The van der Waals surface area contributed by atoms with Crippen LogP contribution in [0.4, 0.5) is 5.69 Å². The molecule has 0 heterocycles. The van der Waals surface area contributed by atoms with E-state index in [9.17, 15) is 4.79 Å². The van der Waals surface area contributed by atoms with Gasteiger partial charge in [0.15, 0.2) is 0 Å². The third kappa shape index (κ3) is 4.22. The maximum Gasteiger partial charge on any atom is 0.235 e. The van der Waals surface area contributed by atoms with Crippen molar-refractivity contribution in [3.05, 3.63) is 29.8 Å². The van der Waals surface area contributed by atoms with E-state index in [4.69, 9.17) is 0 Å². The van der Waals surface area contributed by atoms with E-state index in [1.165, 1.54) is 12.8 Å². The lowest BCUT2D eigenvalue weighted by molar-refractivity contribution is 0.562. The van der Waals surface area contributed by atoms with Crippen LogP contribution in [0, 0.1) is 0 Å². The largest absolute Gasteiger partial charge is 0.371 e. The zero-order valence-electron chi connectivity index (χ0n) is 10.9. The fourth-order valence-corrected chi connectivity index (χ4v) is 1.89. The molecule has 1 aromatic carbocycles. The minimum Gasteiger partial charge on any atom is -0.371 e. The summed E-state index contributed by atoms with van der Waals surface area (Å²) in [7, 11) is 0. The molecule has 0 amide bonds. The van der Waals surface area contributed by atoms with Crippen LogP contribution in [-0.4, -0.2) is 19.4 Å². The Morgan fingerprint density at radius 2 is 1.65 bits per heavy atom. The van der Waals surface area contributed by atoms with Gasteiger partial charge < -0.3 is 4.90 Å². The minimum absolute atomic E-state index is 0.680. The van der Waals surface area contributed by atoms with Crippen molar-refractivity contribution < 1.29 is 4.79 Å². The van der Waals surface area contributed by atoms with Crippen LogP contribution >= 0.6 is 0 Å². The van der Waals surface area contributed by atoms with Crippen LogP contribution in [0.1, 0.15) is 45.1 Å². The Labute approximate surface area is 105 Å². The number of unbranched alkanes of at least 4 members (excludes halogenated alkanes) is 2. The molecular weight excluding hydrogens is 210 g/mol. The van der Waals surface area contributed by atoms with Crippen molar-refractivity contribution in [2.75, 3.05) is 18.0 Å². The number of benzene rings is 1. The maximum absolute atomic E-state index is 10.9. The van der Waals surface area contributed by atoms with Gasteiger partial charge in [0.2, 0.25) is 6.29 Å². The van der Waals surface area contributed by atoms with Gasteiger partial charge in [0.25, 0.3) is 0 Å². The summed E-state index contributed by atoms with van der Waals surface area (Å²) in [4.78, 5) is 13.2. The number of rotatable bonds is 8. The summed E-state index contributed by atoms with van der Waals surface area (Å²) in [5.41, 5.74) is 1.71. The van der Waals surface area contributed by atoms with Gasteiger partial charge in [-0.1, -0.05) is 38.8 Å². The van der Waals surface area contributed by atoms with Crippen molar-refractivity contribution in [3.63, 3.8) is 0 Å². The van der Waals surface area contributed by atoms with Crippen LogP contribution in [0.25, 0.3) is 0 Å². The first-order valence-corrected chi connectivity index (χ1v) is 6.55. The molecule has 0 unspecified atom stereocenters. The molecule has 0 fully saturated rings. The van der Waals surface area contributed by atoms with Crippen LogP contribution in [0.2, 0.25) is 0 Å². The highest BCUT2D eigenvalue weighted by atomic mass is 16.1. The first kappa shape index (κ1) is 13.8. The van der Waals surface area contributed by atoms with E-state index in [0.29, 0.717) is 5.56 Å². The molecule has 93 valence electrons. The molecule has 0 saturated carbocycles. The Balaban J connectivity index is 2.82. The molecule has 2 heteroatoms. The summed E-state index contributed by atoms with van der Waals surface area (Å²) in [6, 6.07) is 7.74. The van der Waals surface area contributed by atoms with Crippen LogP contribution in [0.3, 0.4) is 0 Å². The first-order valence-electron chi connectivity index (χ1n) is 6.55. The lowest BCUT2D eigenvalue weighted by Crippen LogP contribution is -2.26. The second-order valence-corrected chi connectivity index (χ2v) is 4.31. The van der Waals surface area contributed by atoms with E-state index in [1.54, 1.807) is 0 Å². The van der Waals surface area contributed by atoms with Gasteiger partial charge in [-0.05, 0) is 25.0 Å². The van der Waals surface area contributed by atoms with Gasteiger partial charge in [-0.25, -0.2) is 0 Å². The van der Waals surface area contributed by atoms with Gasteiger partial charge in [0, 0.05) is 24.3 Å². The van der Waals surface area contributed by atoms with Crippen LogP contribution in [0.15, 0.2) is 24.3 Å². The monoisotopic (exact) mass is 232 g/mol. The van der Waals surface area contributed by atoms with Crippen molar-refractivity contribution in [1.29, 1.82) is 0 Å². The summed E-state index contributed by atoms with van der Waals surface area (Å²) in [5, 5.41) is 0. The van der Waals surface area contributed by atoms with Crippen LogP contribution < -0.4 is 4.90 Å². The van der Waals surface area contributed by atoms with E-state index in [0.717, 1.165) is 31.6 Å². The molecule has 1 radical (unpaired) electrons. The molecule has 0 aromatic heterocycles. The number of hydrogen-bond acceptors (Lipinski definition) is 2. The molecule has 0 bridgehead atoms. The summed E-state index contributed by atoms with van der Waals surface area (Å²) < 4.78 is 0. The SMILES string of the molecule is CCCCN(CCCC)c1ccccc1[C]=O. The summed E-state index contributed by atoms with van der Waals surface area (Å²) >= 11 is 0. The molecule has 0 aliphatic heterocycles. The molecule has 0 atom stereocenters. The summed E-state index contributed by atoms with van der Waals surface area (Å²) in [5.74, 6) is 0. The molecule has 0 aliphatic rings. The molecule has 2 nitrogen and oxygen atoms in total. The van der Waals surface area contributed by atoms with E-state index in [1.807, 2.05) is 30.6 Å². The molecule has 1 rings (SSSR count). The van der Waals surface area contributed by atoms with E-state index < -0.39 is 0 Å². The van der Waals surface area contributed by atoms with Crippen LogP contribution in [0.5, 0.6) is 0 Å². The van der Waals surface area contributed by atoms with Crippen molar-refractivity contribution in [2.24, 2.45) is 0 Å². The Hall–Kier alpha value is -1.31. The Morgan fingerprint density at radius 1 is 1.06 bits per heavy atom. The molecule has 0 spiro atoms. The third-order valence-corrected chi connectivity index (χ3v) is 2.92. The van der Waals surface area contributed by atoms with Crippen molar-refractivity contribution in [3.8, 4) is 0 Å². The predicted octanol–water partition coefficient (Wildman–Crippen LogP) is 3.55. The number of hydrogen-bond donors (Lipinski definition) is 0. The van der Waals surface area contributed by atoms with Gasteiger partial charge in [0.1, 0.15) is 0 Å². The topological polar surface area (TPSA) is 20.3 Å². The van der Waals surface area contributed by atoms with Crippen molar-refractivity contribution in [2.45, 2.75) is 39.5 Å². The number of para-hydroxylation sites is 1. The number of nitrogens with zero attached hydrogens (tertiary/aromatic N) is 1. The smallest absolute Gasteiger partial charge is 0.235 e. The normalized spacial score (nSPS) is 10.2. The van der Waals surface area contributed by atoms with Crippen molar-refractivity contribution in [1.82, 2.24) is 0 Å². The highest BCUT2D eigenvalue weighted by Crippen LogP contribution is 2.19. The lowest BCUT2D eigenvalue weighted by atomic mass is 10.1. The van der Waals surface area contributed by atoms with E-state index in [-0.39, 0.29) is 0 Å². The summed E-state index contributed by atoms with van der Waals surface area (Å²) in [6.45, 7) is 6.43. The Bertz CT molecular complexity index is 327. The second-order valence-electron chi connectivity index (χ2n) is 4.31. The zero-order chi connectivity index (χ0) is 12.5. The average molecular weight is 232 g/mol. The number of anilines is 1. The van der Waals surface area contributed by atoms with Gasteiger partial charge in [-0.3, -0.25) is 4.79 Å². The summed E-state index contributed by atoms with van der Waals surface area (Å²) in [6.07, 6.45) is 6.72. The van der Waals surface area contributed by atoms with Gasteiger partial charge in [-0.2, -0.15) is 0 Å². The molecule has 0 aliphatic carbocycles. The minimum atomic E-state index is 0.680. The van der Waals surface area contributed by atoms with Gasteiger partial charge in [0.05, 0.1) is 0 Å². The Morgan fingerprint density at radius 3 is 2.18 bits per heavy atom. The van der Waals surface area contributed by atoms with Gasteiger partial charge >= 0.3 is 0 Å². The highest BCUT2D eigenvalue weighted by molar-refractivity contribution is 5.84. The highest BCUT2D eigenvalue weighted by Gasteiger charge is 2.09. The molecule has 1 aromatic rings. The molecule has 0 saturated heterocycles. The fraction of sp³-hybridized carbons (Fsp3) is 0.533. The average Bonchev–Trinajstić information content (AvgIpc) is 2.39. The zero-order valence-corrected chi connectivity index (χ0v) is 10.9. The predicted molar refractivity (Wildman–Crippen MR) is 73.3 cm³/mol. The quantitative estimate of drug-likeness (QED) is 0.683. The molecule has 17 heavy (non-hydrogen) atoms. The van der Waals surface area contributed by atoms with Gasteiger partial charge in [-0.15, -0.1) is 0 Å². The Kier molecular flexibility index (Phi) is 6.38. The van der Waals surface area contributed by atoms with E-state index >= 15 is 0 Å². The molecular formula is C15H22NO. The fourth-order valence-electron chi connectivity index (χ4n) is 1.89. The lowest BCUT2D eigenvalue weighted by Gasteiger charge is -2.25. The second kappa shape index (κ2) is 7.88. The third-order valence-electron chi connectivity index (χ3n) is 2.92. The maximum atomic E-state index is 10.9.